The molecule has 0 amide bonds. The van der Waals surface area contributed by atoms with E-state index in [2.05, 4.69) is 5.16 Å². The minimum Gasteiger partial charge on any atom is -0.490 e. The summed E-state index contributed by atoms with van der Waals surface area (Å²) in [7, 11) is 0. The number of benzene rings is 1. The van der Waals surface area contributed by atoms with Crippen LogP contribution < -0.4 is 10.5 Å². The van der Waals surface area contributed by atoms with Crippen molar-refractivity contribution in [3.05, 3.63) is 29.3 Å². The maximum absolute atomic E-state index is 8.74. The first kappa shape index (κ1) is 15.3. The number of oxime groups is 1. The fourth-order valence-electron chi connectivity index (χ4n) is 1.51. The fourth-order valence-corrected chi connectivity index (χ4v) is 1.51. The highest BCUT2D eigenvalue weighted by molar-refractivity contribution is 5.99. The number of rotatable bonds is 5. The quantitative estimate of drug-likeness (QED) is 0.282. The molecule has 0 aliphatic rings. The molecule has 19 heavy (non-hydrogen) atoms. The van der Waals surface area contributed by atoms with Crippen molar-refractivity contribution in [1.29, 1.82) is 0 Å². The molecule has 0 unspecified atom stereocenters. The van der Waals surface area contributed by atoms with Crippen LogP contribution in [0.3, 0.4) is 0 Å². The van der Waals surface area contributed by atoms with Crippen LogP contribution >= 0.6 is 0 Å². The Balaban J connectivity index is 2.69. The van der Waals surface area contributed by atoms with Crippen LogP contribution in [0.2, 0.25) is 0 Å². The van der Waals surface area contributed by atoms with Gasteiger partial charge >= 0.3 is 0 Å². The van der Waals surface area contributed by atoms with Gasteiger partial charge in [0.1, 0.15) is 12.4 Å². The molecule has 1 aromatic carbocycles. The standard InChI is InChI=1S/C14H22N2O3/c1-10-5-6-11(13(15)16-17)12(9-10)18-7-8-19-14(2,3)4/h5-6,9,17H,7-8H2,1-4H3,(H2,15,16). The van der Waals surface area contributed by atoms with E-state index in [-0.39, 0.29) is 11.4 Å². The Morgan fingerprint density at radius 3 is 2.58 bits per heavy atom. The molecular formula is C14H22N2O3. The number of amidine groups is 1. The van der Waals surface area contributed by atoms with Gasteiger partial charge in [-0.3, -0.25) is 0 Å². The number of nitrogens with two attached hydrogens (primary N) is 1. The maximum atomic E-state index is 8.74. The average Bonchev–Trinajstić information content (AvgIpc) is 2.33. The highest BCUT2D eigenvalue weighted by Gasteiger charge is 2.11. The van der Waals surface area contributed by atoms with Crippen LogP contribution in [-0.4, -0.2) is 29.9 Å². The summed E-state index contributed by atoms with van der Waals surface area (Å²) < 4.78 is 11.2. The van der Waals surface area contributed by atoms with Crippen LogP contribution in [0.1, 0.15) is 31.9 Å². The van der Waals surface area contributed by atoms with Crippen molar-refractivity contribution in [2.24, 2.45) is 10.9 Å². The summed E-state index contributed by atoms with van der Waals surface area (Å²) in [5.74, 6) is 0.625. The van der Waals surface area contributed by atoms with Crippen molar-refractivity contribution < 1.29 is 14.7 Å². The molecule has 1 aromatic rings. The van der Waals surface area contributed by atoms with Gasteiger partial charge in [0.15, 0.2) is 5.84 Å². The van der Waals surface area contributed by atoms with Crippen LogP contribution in [0.4, 0.5) is 0 Å². The lowest BCUT2D eigenvalue weighted by molar-refractivity contribution is -0.0163. The SMILES string of the molecule is Cc1ccc(/C(N)=N/O)c(OCCOC(C)(C)C)c1. The Kier molecular flexibility index (Phi) is 5.18. The summed E-state index contributed by atoms with van der Waals surface area (Å²) in [6.45, 7) is 8.80. The van der Waals surface area contributed by atoms with Crippen molar-refractivity contribution in [2.75, 3.05) is 13.2 Å². The number of aryl methyl sites for hydroxylation is 1. The second-order valence-electron chi connectivity index (χ2n) is 5.29. The van der Waals surface area contributed by atoms with E-state index in [1.165, 1.54) is 0 Å². The van der Waals surface area contributed by atoms with Gasteiger partial charge in [0.25, 0.3) is 0 Å². The van der Waals surface area contributed by atoms with Gasteiger partial charge in [-0.05, 0) is 45.4 Å². The minimum absolute atomic E-state index is 0.0340. The molecule has 0 saturated carbocycles. The monoisotopic (exact) mass is 266 g/mol. The number of hydrogen-bond donors (Lipinski definition) is 2. The van der Waals surface area contributed by atoms with Crippen LogP contribution in [0, 0.1) is 6.92 Å². The predicted molar refractivity (Wildman–Crippen MR) is 74.9 cm³/mol. The van der Waals surface area contributed by atoms with Gasteiger partial charge in [0.05, 0.1) is 17.8 Å². The molecule has 0 spiro atoms. The predicted octanol–water partition coefficient (Wildman–Crippen LogP) is 2.28. The zero-order valence-corrected chi connectivity index (χ0v) is 11.9. The average molecular weight is 266 g/mol. The minimum atomic E-state index is -0.190. The van der Waals surface area contributed by atoms with Gasteiger partial charge in [0.2, 0.25) is 0 Å². The fraction of sp³-hybridized carbons (Fsp3) is 0.500. The van der Waals surface area contributed by atoms with Gasteiger partial charge < -0.3 is 20.4 Å². The Morgan fingerprint density at radius 2 is 2.00 bits per heavy atom. The topological polar surface area (TPSA) is 77.1 Å². The molecule has 0 heterocycles. The van der Waals surface area contributed by atoms with E-state index in [1.54, 1.807) is 6.07 Å². The summed E-state index contributed by atoms with van der Waals surface area (Å²) in [4.78, 5) is 0. The zero-order chi connectivity index (χ0) is 14.5. The summed E-state index contributed by atoms with van der Waals surface area (Å²) in [5, 5.41) is 11.7. The van der Waals surface area contributed by atoms with Crippen molar-refractivity contribution >= 4 is 5.84 Å². The Labute approximate surface area is 114 Å². The molecule has 5 heteroatoms. The second kappa shape index (κ2) is 6.43. The van der Waals surface area contributed by atoms with E-state index in [4.69, 9.17) is 20.4 Å². The third kappa shape index (κ3) is 5.18. The lowest BCUT2D eigenvalue weighted by atomic mass is 10.1. The lowest BCUT2D eigenvalue weighted by Gasteiger charge is -2.20. The van der Waals surface area contributed by atoms with Gasteiger partial charge in [-0.2, -0.15) is 0 Å². The Hall–Kier alpha value is -1.75. The summed E-state index contributed by atoms with van der Waals surface area (Å²) in [5.41, 5.74) is 7.03. The van der Waals surface area contributed by atoms with E-state index in [0.29, 0.717) is 24.5 Å². The molecule has 3 N–H and O–H groups in total. The van der Waals surface area contributed by atoms with Gasteiger partial charge in [-0.25, -0.2) is 0 Å². The third-order valence-electron chi connectivity index (χ3n) is 2.40. The van der Waals surface area contributed by atoms with Crippen LogP contribution in [0.15, 0.2) is 23.4 Å². The number of ether oxygens (including phenoxy) is 2. The van der Waals surface area contributed by atoms with Crippen LogP contribution in [-0.2, 0) is 4.74 Å². The zero-order valence-electron chi connectivity index (χ0n) is 11.9. The largest absolute Gasteiger partial charge is 0.490 e. The third-order valence-corrected chi connectivity index (χ3v) is 2.40. The maximum Gasteiger partial charge on any atom is 0.173 e. The summed E-state index contributed by atoms with van der Waals surface area (Å²) in [6.07, 6.45) is 0. The molecule has 0 bridgehead atoms. The molecular weight excluding hydrogens is 244 g/mol. The van der Waals surface area contributed by atoms with Gasteiger partial charge in [-0.1, -0.05) is 11.2 Å². The lowest BCUT2D eigenvalue weighted by Crippen LogP contribution is -2.23. The summed E-state index contributed by atoms with van der Waals surface area (Å²) >= 11 is 0. The first-order valence-corrected chi connectivity index (χ1v) is 6.19. The van der Waals surface area contributed by atoms with E-state index < -0.39 is 0 Å². The summed E-state index contributed by atoms with van der Waals surface area (Å²) in [6, 6.07) is 5.50. The highest BCUT2D eigenvalue weighted by Crippen LogP contribution is 2.20. The molecule has 0 atom stereocenters. The normalized spacial score (nSPS) is 12.5. The van der Waals surface area contributed by atoms with Crippen LogP contribution in [0.5, 0.6) is 5.75 Å². The van der Waals surface area contributed by atoms with Crippen molar-refractivity contribution in [1.82, 2.24) is 0 Å². The molecule has 0 radical (unpaired) electrons. The van der Waals surface area contributed by atoms with E-state index in [1.807, 2.05) is 39.8 Å². The van der Waals surface area contributed by atoms with Gasteiger partial charge in [-0.15, -0.1) is 0 Å². The number of nitrogens with zero attached hydrogens (tertiary/aromatic N) is 1. The van der Waals surface area contributed by atoms with Crippen molar-refractivity contribution in [2.45, 2.75) is 33.3 Å². The highest BCUT2D eigenvalue weighted by atomic mass is 16.5. The van der Waals surface area contributed by atoms with Crippen molar-refractivity contribution in [3.63, 3.8) is 0 Å². The Bertz CT molecular complexity index is 450. The first-order valence-electron chi connectivity index (χ1n) is 6.19. The molecule has 5 nitrogen and oxygen atoms in total. The van der Waals surface area contributed by atoms with E-state index >= 15 is 0 Å². The van der Waals surface area contributed by atoms with Gasteiger partial charge in [0, 0.05) is 0 Å². The molecule has 0 aliphatic carbocycles. The van der Waals surface area contributed by atoms with Crippen molar-refractivity contribution in [3.8, 4) is 5.75 Å². The molecule has 0 aliphatic heterocycles. The van der Waals surface area contributed by atoms with E-state index in [0.717, 1.165) is 5.56 Å². The molecule has 1 rings (SSSR count). The van der Waals surface area contributed by atoms with E-state index in [9.17, 15) is 0 Å². The molecule has 106 valence electrons. The molecule has 0 aromatic heterocycles. The second-order valence-corrected chi connectivity index (χ2v) is 5.29. The Morgan fingerprint density at radius 1 is 1.32 bits per heavy atom. The van der Waals surface area contributed by atoms with Crippen LogP contribution in [0.25, 0.3) is 0 Å². The smallest absolute Gasteiger partial charge is 0.173 e. The molecule has 0 saturated heterocycles. The molecule has 0 fully saturated rings. The first-order chi connectivity index (χ1) is 8.83. The number of hydrogen-bond acceptors (Lipinski definition) is 4.